The zero-order chi connectivity index (χ0) is 23.3. The van der Waals surface area contributed by atoms with E-state index in [0.29, 0.717) is 49.8 Å². The van der Waals surface area contributed by atoms with E-state index in [1.54, 1.807) is 4.90 Å². The highest BCUT2D eigenvalue weighted by Gasteiger charge is 2.29. The van der Waals surface area contributed by atoms with Gasteiger partial charge in [-0.2, -0.15) is 0 Å². The Morgan fingerprint density at radius 2 is 1.58 bits per heavy atom. The second-order valence-electron chi connectivity index (χ2n) is 8.36. The van der Waals surface area contributed by atoms with Crippen LogP contribution in [0, 0.1) is 0 Å². The standard InChI is InChI=1S/C22H32N2O7/c1-14(25)16-12-18(28-6)20(29-7)17(19(16)30-15(2)26)13-23-8-10-24(11-9-23)21(27)31-22(3,4)5/h12H,8-11,13H2,1-7H3. The van der Waals surface area contributed by atoms with Gasteiger partial charge in [0.05, 0.1) is 25.3 Å². The molecule has 0 saturated carbocycles. The summed E-state index contributed by atoms with van der Waals surface area (Å²) in [6, 6.07) is 1.52. The smallest absolute Gasteiger partial charge is 0.410 e. The third-order valence-corrected chi connectivity index (χ3v) is 4.75. The lowest BCUT2D eigenvalue weighted by atomic mass is 10.0. The number of Topliss-reactive ketones (excluding diaryl/α,β-unsaturated/α-hetero) is 1. The van der Waals surface area contributed by atoms with Gasteiger partial charge in [-0.15, -0.1) is 0 Å². The van der Waals surface area contributed by atoms with Gasteiger partial charge in [0.15, 0.2) is 17.3 Å². The molecule has 0 atom stereocenters. The average Bonchev–Trinajstić information content (AvgIpc) is 2.67. The van der Waals surface area contributed by atoms with Gasteiger partial charge in [-0.1, -0.05) is 0 Å². The molecular formula is C22H32N2O7. The molecule has 1 heterocycles. The number of hydrogen-bond acceptors (Lipinski definition) is 8. The first kappa shape index (κ1) is 24.5. The van der Waals surface area contributed by atoms with E-state index in [0.717, 1.165) is 0 Å². The van der Waals surface area contributed by atoms with E-state index in [1.165, 1.54) is 34.1 Å². The molecule has 0 radical (unpaired) electrons. The van der Waals surface area contributed by atoms with Crippen molar-refractivity contribution in [1.82, 2.24) is 9.80 Å². The van der Waals surface area contributed by atoms with Crippen molar-refractivity contribution >= 4 is 17.8 Å². The van der Waals surface area contributed by atoms with Crippen molar-refractivity contribution in [1.29, 1.82) is 0 Å². The number of nitrogens with zero attached hydrogens (tertiary/aromatic N) is 2. The van der Waals surface area contributed by atoms with E-state index in [-0.39, 0.29) is 23.2 Å². The number of hydrogen-bond donors (Lipinski definition) is 0. The SMILES string of the molecule is COc1cc(C(C)=O)c(OC(C)=O)c(CN2CCN(C(=O)OC(C)(C)C)CC2)c1OC. The van der Waals surface area contributed by atoms with Gasteiger partial charge in [0.2, 0.25) is 0 Å². The Hall–Kier alpha value is -2.81. The lowest BCUT2D eigenvalue weighted by molar-refractivity contribution is -0.132. The fourth-order valence-electron chi connectivity index (χ4n) is 3.36. The fraction of sp³-hybridized carbons (Fsp3) is 0.591. The van der Waals surface area contributed by atoms with Crippen LogP contribution in [0.3, 0.4) is 0 Å². The summed E-state index contributed by atoms with van der Waals surface area (Å²) in [5, 5.41) is 0. The summed E-state index contributed by atoms with van der Waals surface area (Å²) >= 11 is 0. The quantitative estimate of drug-likeness (QED) is 0.382. The second kappa shape index (κ2) is 10.00. The molecule has 0 aliphatic carbocycles. The number of esters is 1. The first-order valence-corrected chi connectivity index (χ1v) is 10.1. The monoisotopic (exact) mass is 436 g/mol. The van der Waals surface area contributed by atoms with Gasteiger partial charge in [0.25, 0.3) is 0 Å². The molecule has 0 N–H and O–H groups in total. The molecule has 1 saturated heterocycles. The summed E-state index contributed by atoms with van der Waals surface area (Å²) in [6.07, 6.45) is -0.342. The molecule has 31 heavy (non-hydrogen) atoms. The number of ketones is 1. The Morgan fingerprint density at radius 1 is 0.968 bits per heavy atom. The van der Waals surface area contributed by atoms with Crippen molar-refractivity contribution < 1.29 is 33.3 Å². The van der Waals surface area contributed by atoms with Crippen molar-refractivity contribution in [3.63, 3.8) is 0 Å². The third kappa shape index (κ3) is 6.33. The second-order valence-corrected chi connectivity index (χ2v) is 8.36. The Kier molecular flexibility index (Phi) is 7.89. The molecule has 172 valence electrons. The molecule has 1 aromatic carbocycles. The molecule has 0 bridgehead atoms. The summed E-state index contributed by atoms with van der Waals surface area (Å²) in [5.41, 5.74) is 0.243. The zero-order valence-electron chi connectivity index (χ0n) is 19.4. The molecule has 1 fully saturated rings. The van der Waals surface area contributed by atoms with E-state index in [2.05, 4.69) is 4.90 Å². The van der Waals surface area contributed by atoms with Crippen LogP contribution < -0.4 is 14.2 Å². The maximum atomic E-state index is 12.3. The first-order chi connectivity index (χ1) is 14.5. The molecular weight excluding hydrogens is 404 g/mol. The highest BCUT2D eigenvalue weighted by molar-refractivity contribution is 5.99. The number of carbonyl (C=O) groups excluding carboxylic acids is 3. The average molecular weight is 437 g/mol. The van der Waals surface area contributed by atoms with Gasteiger partial charge >= 0.3 is 12.1 Å². The third-order valence-electron chi connectivity index (χ3n) is 4.75. The molecule has 2 rings (SSSR count). The van der Waals surface area contributed by atoms with E-state index < -0.39 is 11.6 Å². The highest BCUT2D eigenvalue weighted by Crippen LogP contribution is 2.41. The molecule has 0 unspecified atom stereocenters. The Labute approximate surface area is 183 Å². The van der Waals surface area contributed by atoms with Crippen LogP contribution in [0.1, 0.15) is 50.5 Å². The van der Waals surface area contributed by atoms with Crippen LogP contribution >= 0.6 is 0 Å². The summed E-state index contributed by atoms with van der Waals surface area (Å²) < 4.78 is 21.8. The number of amides is 1. The number of ether oxygens (including phenoxy) is 4. The number of carbonyl (C=O) groups is 3. The Bertz CT molecular complexity index is 837. The molecule has 9 heteroatoms. The molecule has 1 aliphatic rings. The normalized spacial score (nSPS) is 14.7. The largest absolute Gasteiger partial charge is 0.493 e. The minimum atomic E-state index is -0.551. The van der Waals surface area contributed by atoms with Crippen LogP contribution in [0.5, 0.6) is 17.2 Å². The molecule has 0 aromatic heterocycles. The van der Waals surface area contributed by atoms with Gasteiger partial charge in [-0.05, 0) is 33.8 Å². The minimum Gasteiger partial charge on any atom is -0.493 e. The Morgan fingerprint density at radius 3 is 2.03 bits per heavy atom. The van der Waals surface area contributed by atoms with E-state index in [9.17, 15) is 14.4 Å². The molecule has 1 amide bonds. The predicted octanol–water partition coefficient (Wildman–Crippen LogP) is 2.88. The van der Waals surface area contributed by atoms with Gasteiger partial charge in [0.1, 0.15) is 11.4 Å². The fourth-order valence-corrected chi connectivity index (χ4v) is 3.36. The van der Waals surface area contributed by atoms with Crippen LogP contribution in [-0.2, 0) is 16.1 Å². The molecule has 9 nitrogen and oxygen atoms in total. The van der Waals surface area contributed by atoms with Crippen LogP contribution in [0.25, 0.3) is 0 Å². The van der Waals surface area contributed by atoms with E-state index in [4.69, 9.17) is 18.9 Å². The maximum Gasteiger partial charge on any atom is 0.410 e. The Balaban J connectivity index is 2.29. The minimum absolute atomic E-state index is 0.173. The highest BCUT2D eigenvalue weighted by atomic mass is 16.6. The maximum absolute atomic E-state index is 12.3. The van der Waals surface area contributed by atoms with Crippen molar-refractivity contribution in [2.75, 3.05) is 40.4 Å². The molecule has 1 aromatic rings. The van der Waals surface area contributed by atoms with Gasteiger partial charge in [0, 0.05) is 39.6 Å². The van der Waals surface area contributed by atoms with Crippen molar-refractivity contribution in [2.24, 2.45) is 0 Å². The number of methoxy groups -OCH3 is 2. The number of piperazine rings is 1. The lowest BCUT2D eigenvalue weighted by Crippen LogP contribution is -2.49. The van der Waals surface area contributed by atoms with Crippen LogP contribution in [0.2, 0.25) is 0 Å². The molecule has 0 spiro atoms. The first-order valence-electron chi connectivity index (χ1n) is 10.1. The van der Waals surface area contributed by atoms with Gasteiger partial charge in [-0.3, -0.25) is 14.5 Å². The van der Waals surface area contributed by atoms with E-state index in [1.807, 2.05) is 20.8 Å². The van der Waals surface area contributed by atoms with Gasteiger partial charge in [-0.25, -0.2) is 4.79 Å². The van der Waals surface area contributed by atoms with Crippen LogP contribution in [0.15, 0.2) is 6.07 Å². The summed E-state index contributed by atoms with van der Waals surface area (Å²) in [7, 11) is 2.98. The summed E-state index contributed by atoms with van der Waals surface area (Å²) in [5.74, 6) is 0.162. The summed E-state index contributed by atoms with van der Waals surface area (Å²) in [6.45, 7) is 10.7. The number of rotatable bonds is 6. The van der Waals surface area contributed by atoms with E-state index >= 15 is 0 Å². The van der Waals surface area contributed by atoms with Gasteiger partial charge < -0.3 is 23.8 Å². The van der Waals surface area contributed by atoms with Crippen molar-refractivity contribution in [2.45, 2.75) is 46.8 Å². The predicted molar refractivity (Wildman–Crippen MR) is 114 cm³/mol. The molecule has 1 aliphatic heterocycles. The van der Waals surface area contributed by atoms with Crippen LogP contribution in [-0.4, -0.2) is 73.6 Å². The zero-order valence-corrected chi connectivity index (χ0v) is 19.4. The van der Waals surface area contributed by atoms with Crippen molar-refractivity contribution in [3.05, 3.63) is 17.2 Å². The lowest BCUT2D eigenvalue weighted by Gasteiger charge is -2.36. The van der Waals surface area contributed by atoms with Crippen LogP contribution in [0.4, 0.5) is 4.79 Å². The number of benzene rings is 1. The topological polar surface area (TPSA) is 94.6 Å². The van der Waals surface area contributed by atoms with Crippen molar-refractivity contribution in [3.8, 4) is 17.2 Å². The summed E-state index contributed by atoms with van der Waals surface area (Å²) in [4.78, 5) is 40.0.